The molecule has 2 N–H and O–H groups in total. The van der Waals surface area contributed by atoms with Crippen LogP contribution < -0.4 is 5.32 Å². The van der Waals surface area contributed by atoms with Crippen LogP contribution in [0, 0.1) is 5.41 Å². The van der Waals surface area contributed by atoms with Crippen LogP contribution in [0.1, 0.15) is 26.3 Å². The molecule has 0 aliphatic carbocycles. The van der Waals surface area contributed by atoms with Crippen molar-refractivity contribution in [1.82, 2.24) is 5.32 Å². The van der Waals surface area contributed by atoms with Crippen LogP contribution in [0.15, 0.2) is 30.3 Å². The Balaban J connectivity index is 2.46. The van der Waals surface area contributed by atoms with E-state index in [1.165, 1.54) is 0 Å². The van der Waals surface area contributed by atoms with E-state index < -0.39 is 23.5 Å². The van der Waals surface area contributed by atoms with Crippen LogP contribution in [0.2, 0.25) is 0 Å². The Kier molecular flexibility index (Phi) is 4.92. The molecule has 0 bridgehead atoms. The van der Waals surface area contributed by atoms with Gasteiger partial charge in [0.05, 0.1) is 5.41 Å². The summed E-state index contributed by atoms with van der Waals surface area (Å²) in [5, 5.41) is 11.6. The number of carbonyl (C=O) groups is 2. The van der Waals surface area contributed by atoms with Gasteiger partial charge in [-0.15, -0.1) is 0 Å². The Hall–Kier alpha value is -2.04. The predicted molar refractivity (Wildman–Crippen MR) is 70.6 cm³/mol. The van der Waals surface area contributed by atoms with Crippen molar-refractivity contribution in [3.63, 3.8) is 0 Å². The molecule has 0 aliphatic heterocycles. The molecule has 104 valence electrons. The van der Waals surface area contributed by atoms with E-state index in [4.69, 9.17) is 9.84 Å². The van der Waals surface area contributed by atoms with E-state index in [1.807, 2.05) is 30.3 Å². The second kappa shape index (κ2) is 6.22. The van der Waals surface area contributed by atoms with Gasteiger partial charge in [0.25, 0.3) is 0 Å². The second-order valence-electron chi connectivity index (χ2n) is 4.95. The highest BCUT2D eigenvalue weighted by atomic mass is 16.5. The molecule has 0 unspecified atom stereocenters. The molecule has 0 spiro atoms. The zero-order chi connectivity index (χ0) is 14.5. The fourth-order valence-corrected chi connectivity index (χ4v) is 1.31. The molecule has 5 nitrogen and oxygen atoms in total. The maximum absolute atomic E-state index is 11.6. The van der Waals surface area contributed by atoms with Crippen LogP contribution in [0.3, 0.4) is 0 Å². The summed E-state index contributed by atoms with van der Waals surface area (Å²) in [6, 6.07) is 8.74. The Morgan fingerprint density at radius 1 is 1.32 bits per heavy atom. The van der Waals surface area contributed by atoms with E-state index in [0.717, 1.165) is 5.56 Å². The van der Waals surface area contributed by atoms with E-state index in [0.29, 0.717) is 0 Å². The molecule has 19 heavy (non-hydrogen) atoms. The number of rotatable bonds is 5. The van der Waals surface area contributed by atoms with Crippen molar-refractivity contribution in [1.29, 1.82) is 0 Å². The molecule has 1 atom stereocenters. The largest absolute Gasteiger partial charge is 0.481 e. The summed E-state index contributed by atoms with van der Waals surface area (Å²) in [7, 11) is 0. The monoisotopic (exact) mass is 265 g/mol. The van der Waals surface area contributed by atoms with Crippen molar-refractivity contribution in [2.45, 2.75) is 33.4 Å². The predicted octanol–water partition coefficient (Wildman–Crippen LogP) is 2.41. The molecule has 0 saturated carbocycles. The summed E-state index contributed by atoms with van der Waals surface area (Å²) in [6.45, 7) is 4.90. The van der Waals surface area contributed by atoms with Crippen LogP contribution in [-0.4, -0.2) is 23.2 Å². The summed E-state index contributed by atoms with van der Waals surface area (Å²) in [5.41, 5.74) is -0.172. The van der Waals surface area contributed by atoms with Gasteiger partial charge in [0.2, 0.25) is 0 Å². The van der Waals surface area contributed by atoms with E-state index in [2.05, 4.69) is 5.32 Å². The lowest BCUT2D eigenvalue weighted by Gasteiger charge is -2.27. The van der Waals surface area contributed by atoms with Crippen LogP contribution in [0.5, 0.6) is 0 Å². The third-order valence-electron chi connectivity index (χ3n) is 3.18. The first-order valence-electron chi connectivity index (χ1n) is 6.04. The number of amides is 1. The number of hydrogen-bond donors (Lipinski definition) is 2. The fraction of sp³-hybridized carbons (Fsp3) is 0.429. The van der Waals surface area contributed by atoms with Crippen molar-refractivity contribution in [2.24, 2.45) is 5.41 Å². The van der Waals surface area contributed by atoms with Crippen molar-refractivity contribution in [2.75, 3.05) is 0 Å². The van der Waals surface area contributed by atoms with E-state index in [-0.39, 0.29) is 6.61 Å². The van der Waals surface area contributed by atoms with Gasteiger partial charge >= 0.3 is 12.1 Å². The summed E-state index contributed by atoms with van der Waals surface area (Å²) in [5.74, 6) is -0.969. The molecule has 1 aromatic rings. The number of carboxylic acids is 1. The van der Waals surface area contributed by atoms with Crippen LogP contribution in [0.25, 0.3) is 0 Å². The SMILES string of the molecule is C[C@H](NC(=O)OCc1ccccc1)C(C)(C)C(=O)O. The minimum atomic E-state index is -1.05. The number of benzene rings is 1. The van der Waals surface area contributed by atoms with Crippen molar-refractivity contribution in [3.05, 3.63) is 35.9 Å². The standard InChI is InChI=1S/C14H19NO4/c1-10(14(2,3)12(16)17)15-13(18)19-9-11-7-5-4-6-8-11/h4-8,10H,9H2,1-3H3,(H,15,18)(H,16,17)/t10-/m0/s1. The van der Waals surface area contributed by atoms with Crippen molar-refractivity contribution in [3.8, 4) is 0 Å². The average Bonchev–Trinajstić information content (AvgIpc) is 2.37. The van der Waals surface area contributed by atoms with Gasteiger partial charge in [-0.1, -0.05) is 30.3 Å². The zero-order valence-corrected chi connectivity index (χ0v) is 11.3. The number of nitrogens with one attached hydrogen (secondary N) is 1. The van der Waals surface area contributed by atoms with Gasteiger partial charge in [0.15, 0.2) is 0 Å². The van der Waals surface area contributed by atoms with Crippen molar-refractivity contribution >= 4 is 12.1 Å². The summed E-state index contributed by atoms with van der Waals surface area (Å²) in [4.78, 5) is 22.6. The zero-order valence-electron chi connectivity index (χ0n) is 11.3. The number of ether oxygens (including phenoxy) is 1. The first-order valence-corrected chi connectivity index (χ1v) is 6.04. The number of alkyl carbamates (subject to hydrolysis) is 1. The molecule has 0 fully saturated rings. The Morgan fingerprint density at radius 3 is 2.42 bits per heavy atom. The lowest BCUT2D eigenvalue weighted by Crippen LogP contribution is -2.47. The molecule has 0 heterocycles. The lowest BCUT2D eigenvalue weighted by atomic mass is 9.86. The van der Waals surface area contributed by atoms with Crippen molar-refractivity contribution < 1.29 is 19.4 Å². The summed E-state index contributed by atoms with van der Waals surface area (Å²) >= 11 is 0. The molecule has 0 aromatic heterocycles. The molecule has 0 radical (unpaired) electrons. The summed E-state index contributed by atoms with van der Waals surface area (Å²) in [6.07, 6.45) is -0.620. The topological polar surface area (TPSA) is 75.6 Å². The molecule has 1 amide bonds. The Bertz CT molecular complexity index is 442. The molecule has 5 heteroatoms. The third kappa shape index (κ3) is 4.28. The smallest absolute Gasteiger partial charge is 0.407 e. The highest BCUT2D eigenvalue weighted by Gasteiger charge is 2.35. The molecule has 1 aromatic carbocycles. The minimum absolute atomic E-state index is 0.160. The lowest BCUT2D eigenvalue weighted by molar-refractivity contribution is -0.148. The molecule has 0 saturated heterocycles. The van der Waals surface area contributed by atoms with Gasteiger partial charge < -0.3 is 15.2 Å². The normalized spacial score (nSPS) is 12.6. The number of carboxylic acid groups (broad SMARTS) is 1. The first-order chi connectivity index (χ1) is 8.84. The van der Waals surface area contributed by atoms with Gasteiger partial charge in [-0.25, -0.2) is 4.79 Å². The van der Waals surface area contributed by atoms with E-state index in [9.17, 15) is 9.59 Å². The molecule has 1 rings (SSSR count). The van der Waals surface area contributed by atoms with Crippen LogP contribution >= 0.6 is 0 Å². The van der Waals surface area contributed by atoms with Gasteiger partial charge in [-0.3, -0.25) is 4.79 Å². The van der Waals surface area contributed by atoms with Gasteiger partial charge in [0.1, 0.15) is 6.61 Å². The molecular formula is C14H19NO4. The van der Waals surface area contributed by atoms with Gasteiger partial charge in [0, 0.05) is 6.04 Å². The quantitative estimate of drug-likeness (QED) is 0.857. The van der Waals surface area contributed by atoms with E-state index in [1.54, 1.807) is 20.8 Å². The highest BCUT2D eigenvalue weighted by Crippen LogP contribution is 2.20. The maximum Gasteiger partial charge on any atom is 0.407 e. The van der Waals surface area contributed by atoms with Crippen LogP contribution in [0.4, 0.5) is 4.79 Å². The first kappa shape index (κ1) is 15.0. The Labute approximate surface area is 112 Å². The highest BCUT2D eigenvalue weighted by molar-refractivity contribution is 5.76. The third-order valence-corrected chi connectivity index (χ3v) is 3.18. The second-order valence-corrected chi connectivity index (χ2v) is 4.95. The summed E-state index contributed by atoms with van der Waals surface area (Å²) < 4.78 is 5.03. The molecule has 0 aliphatic rings. The van der Waals surface area contributed by atoms with Crippen LogP contribution in [-0.2, 0) is 16.1 Å². The van der Waals surface area contributed by atoms with E-state index >= 15 is 0 Å². The number of carbonyl (C=O) groups excluding carboxylic acids is 1. The molecular weight excluding hydrogens is 246 g/mol. The Morgan fingerprint density at radius 2 is 1.89 bits per heavy atom. The number of hydrogen-bond acceptors (Lipinski definition) is 3. The number of aliphatic carboxylic acids is 1. The average molecular weight is 265 g/mol. The van der Waals surface area contributed by atoms with Gasteiger partial charge in [-0.05, 0) is 26.3 Å². The minimum Gasteiger partial charge on any atom is -0.481 e. The maximum atomic E-state index is 11.6. The van der Waals surface area contributed by atoms with Gasteiger partial charge in [-0.2, -0.15) is 0 Å². The fourth-order valence-electron chi connectivity index (χ4n) is 1.31.